The molecule has 2 rings (SSSR count). The second-order valence-electron chi connectivity index (χ2n) is 4.20. The van der Waals surface area contributed by atoms with Crippen LogP contribution in [0.1, 0.15) is 17.7 Å². The van der Waals surface area contributed by atoms with Gasteiger partial charge in [-0.05, 0) is 30.5 Å². The molecule has 0 bridgehead atoms. The molecule has 0 spiro atoms. The summed E-state index contributed by atoms with van der Waals surface area (Å²) in [7, 11) is 0. The number of hydrogen-bond acceptors (Lipinski definition) is 3. The van der Waals surface area contributed by atoms with Crippen LogP contribution in [-0.4, -0.2) is 11.6 Å². The Labute approximate surface area is 108 Å². The summed E-state index contributed by atoms with van der Waals surface area (Å²) < 4.78 is 5.58. The average Bonchev–Trinajstić information content (AvgIpc) is 2.40. The van der Waals surface area contributed by atoms with E-state index in [9.17, 15) is 0 Å². The summed E-state index contributed by atoms with van der Waals surface area (Å²) in [4.78, 5) is 4.18. The number of rotatable bonds is 6. The molecule has 2 N–H and O–H groups in total. The minimum absolute atomic E-state index is 0.528. The molecule has 1 aromatic heterocycles. The maximum absolute atomic E-state index is 5.60. The van der Waals surface area contributed by atoms with Crippen molar-refractivity contribution in [2.45, 2.75) is 19.4 Å². The Balaban J connectivity index is 1.65. The number of anilines is 1. The number of nitrogens with two attached hydrogens (primary N) is 1. The molecule has 0 unspecified atom stereocenters. The van der Waals surface area contributed by atoms with Gasteiger partial charge in [-0.15, -0.1) is 0 Å². The first-order valence-electron chi connectivity index (χ1n) is 6.18. The molecule has 94 valence electrons. The molecule has 2 aromatic rings. The highest BCUT2D eigenvalue weighted by molar-refractivity contribution is 5.28. The van der Waals surface area contributed by atoms with E-state index in [1.54, 1.807) is 6.07 Å². The van der Waals surface area contributed by atoms with Crippen LogP contribution in [0.5, 0.6) is 0 Å². The van der Waals surface area contributed by atoms with Gasteiger partial charge in [0.05, 0.1) is 12.3 Å². The zero-order valence-electron chi connectivity index (χ0n) is 10.4. The summed E-state index contributed by atoms with van der Waals surface area (Å²) in [6, 6.07) is 16.0. The minimum Gasteiger partial charge on any atom is -0.384 e. The lowest BCUT2D eigenvalue weighted by molar-refractivity contribution is 0.116. The molecule has 0 saturated carbocycles. The smallest absolute Gasteiger partial charge is 0.123 e. The maximum atomic E-state index is 5.60. The third-order valence-corrected chi connectivity index (χ3v) is 2.68. The average molecular weight is 242 g/mol. The molecule has 0 radical (unpaired) electrons. The largest absolute Gasteiger partial charge is 0.384 e. The van der Waals surface area contributed by atoms with Crippen molar-refractivity contribution >= 4 is 5.82 Å². The second kappa shape index (κ2) is 6.77. The topological polar surface area (TPSA) is 48.1 Å². The standard InChI is InChI=1S/C15H18N2O/c16-15-10-4-9-14(17-15)12-18-11-5-8-13-6-2-1-3-7-13/h1-4,6-7,9-10H,5,8,11-12H2,(H2,16,17). The number of aromatic nitrogens is 1. The van der Waals surface area contributed by atoms with Gasteiger partial charge in [-0.25, -0.2) is 4.98 Å². The van der Waals surface area contributed by atoms with Crippen molar-refractivity contribution in [1.82, 2.24) is 4.98 Å². The molecular formula is C15H18N2O. The normalized spacial score (nSPS) is 10.4. The Morgan fingerprint density at radius 1 is 1.00 bits per heavy atom. The first-order chi connectivity index (χ1) is 8.84. The molecule has 0 fully saturated rings. The van der Waals surface area contributed by atoms with Crippen LogP contribution in [0.25, 0.3) is 0 Å². The fourth-order valence-electron chi connectivity index (χ4n) is 1.78. The number of benzene rings is 1. The molecule has 1 heterocycles. The van der Waals surface area contributed by atoms with Crippen LogP contribution in [0.3, 0.4) is 0 Å². The SMILES string of the molecule is Nc1cccc(COCCCc2ccccc2)n1. The van der Waals surface area contributed by atoms with E-state index in [-0.39, 0.29) is 0 Å². The molecule has 0 aliphatic heterocycles. The van der Waals surface area contributed by atoms with Gasteiger partial charge < -0.3 is 10.5 Å². The Hall–Kier alpha value is -1.87. The van der Waals surface area contributed by atoms with Crippen LogP contribution in [0, 0.1) is 0 Å². The lowest BCUT2D eigenvalue weighted by atomic mass is 10.1. The number of nitrogens with zero attached hydrogens (tertiary/aromatic N) is 1. The Morgan fingerprint density at radius 3 is 2.61 bits per heavy atom. The number of aryl methyl sites for hydroxylation is 1. The molecule has 1 aromatic carbocycles. The summed E-state index contributed by atoms with van der Waals surface area (Å²) in [5, 5.41) is 0. The molecule has 3 heteroatoms. The predicted molar refractivity (Wildman–Crippen MR) is 73.1 cm³/mol. The van der Waals surface area contributed by atoms with Gasteiger partial charge in [-0.3, -0.25) is 0 Å². The van der Waals surface area contributed by atoms with Gasteiger partial charge in [0.25, 0.3) is 0 Å². The lowest BCUT2D eigenvalue weighted by Crippen LogP contribution is -2.00. The number of hydrogen-bond donors (Lipinski definition) is 1. The molecule has 0 amide bonds. The Bertz CT molecular complexity index is 471. The van der Waals surface area contributed by atoms with Gasteiger partial charge >= 0.3 is 0 Å². The first-order valence-corrected chi connectivity index (χ1v) is 6.18. The van der Waals surface area contributed by atoms with Crippen molar-refractivity contribution in [3.63, 3.8) is 0 Å². The van der Waals surface area contributed by atoms with Crippen LogP contribution in [0.15, 0.2) is 48.5 Å². The van der Waals surface area contributed by atoms with Crippen LogP contribution in [0.4, 0.5) is 5.82 Å². The Kier molecular flexibility index (Phi) is 4.73. The van der Waals surface area contributed by atoms with Crippen molar-refractivity contribution in [1.29, 1.82) is 0 Å². The van der Waals surface area contributed by atoms with E-state index in [1.165, 1.54) is 5.56 Å². The predicted octanol–water partition coefficient (Wildman–Crippen LogP) is 2.81. The van der Waals surface area contributed by atoms with E-state index in [2.05, 4.69) is 29.2 Å². The van der Waals surface area contributed by atoms with Crippen molar-refractivity contribution in [2.75, 3.05) is 12.3 Å². The summed E-state index contributed by atoms with van der Waals surface area (Å²) >= 11 is 0. The van der Waals surface area contributed by atoms with Crippen LogP contribution in [-0.2, 0) is 17.8 Å². The van der Waals surface area contributed by atoms with Gasteiger partial charge in [0.2, 0.25) is 0 Å². The monoisotopic (exact) mass is 242 g/mol. The van der Waals surface area contributed by atoms with Crippen molar-refractivity contribution in [2.24, 2.45) is 0 Å². The van der Waals surface area contributed by atoms with E-state index < -0.39 is 0 Å². The van der Waals surface area contributed by atoms with Gasteiger partial charge in [0.15, 0.2) is 0 Å². The summed E-state index contributed by atoms with van der Waals surface area (Å²) in [5.41, 5.74) is 7.83. The summed E-state index contributed by atoms with van der Waals surface area (Å²) in [6.07, 6.45) is 2.07. The van der Waals surface area contributed by atoms with Crippen molar-refractivity contribution < 1.29 is 4.74 Å². The van der Waals surface area contributed by atoms with E-state index >= 15 is 0 Å². The van der Waals surface area contributed by atoms with E-state index in [0.717, 1.165) is 25.1 Å². The van der Waals surface area contributed by atoms with Gasteiger partial charge in [0.1, 0.15) is 5.82 Å². The van der Waals surface area contributed by atoms with Gasteiger partial charge in [0, 0.05) is 6.61 Å². The van der Waals surface area contributed by atoms with E-state index in [4.69, 9.17) is 10.5 Å². The van der Waals surface area contributed by atoms with Gasteiger partial charge in [-0.2, -0.15) is 0 Å². The van der Waals surface area contributed by atoms with Crippen LogP contribution >= 0.6 is 0 Å². The maximum Gasteiger partial charge on any atom is 0.123 e. The Morgan fingerprint density at radius 2 is 1.83 bits per heavy atom. The number of pyridine rings is 1. The second-order valence-corrected chi connectivity index (χ2v) is 4.20. The highest BCUT2D eigenvalue weighted by Crippen LogP contribution is 2.05. The first kappa shape index (κ1) is 12.6. The molecule has 18 heavy (non-hydrogen) atoms. The van der Waals surface area contributed by atoms with E-state index in [1.807, 2.05) is 18.2 Å². The zero-order chi connectivity index (χ0) is 12.6. The fraction of sp³-hybridized carbons (Fsp3) is 0.267. The van der Waals surface area contributed by atoms with Crippen LogP contribution in [0.2, 0.25) is 0 Å². The number of ether oxygens (including phenoxy) is 1. The molecule has 0 saturated heterocycles. The molecular weight excluding hydrogens is 224 g/mol. The molecule has 0 atom stereocenters. The number of nitrogen functional groups attached to an aromatic ring is 1. The van der Waals surface area contributed by atoms with Gasteiger partial charge in [-0.1, -0.05) is 36.4 Å². The molecule has 0 aliphatic rings. The highest BCUT2D eigenvalue weighted by atomic mass is 16.5. The molecule has 0 aliphatic carbocycles. The quantitative estimate of drug-likeness (QED) is 0.792. The third-order valence-electron chi connectivity index (χ3n) is 2.68. The third kappa shape index (κ3) is 4.18. The van der Waals surface area contributed by atoms with Crippen molar-refractivity contribution in [3.8, 4) is 0 Å². The lowest BCUT2D eigenvalue weighted by Gasteiger charge is -2.04. The van der Waals surface area contributed by atoms with Crippen molar-refractivity contribution in [3.05, 3.63) is 59.8 Å². The zero-order valence-corrected chi connectivity index (χ0v) is 10.4. The summed E-state index contributed by atoms with van der Waals surface area (Å²) in [5.74, 6) is 0.542. The molecule has 3 nitrogen and oxygen atoms in total. The minimum atomic E-state index is 0.528. The van der Waals surface area contributed by atoms with Crippen LogP contribution < -0.4 is 5.73 Å². The summed E-state index contributed by atoms with van der Waals surface area (Å²) in [6.45, 7) is 1.27. The highest BCUT2D eigenvalue weighted by Gasteiger charge is 1.96. The fourth-order valence-corrected chi connectivity index (χ4v) is 1.78. The van der Waals surface area contributed by atoms with E-state index in [0.29, 0.717) is 12.4 Å².